The highest BCUT2D eigenvalue weighted by Gasteiger charge is 2.29. The Morgan fingerprint density at radius 2 is 2.39 bits per heavy atom. The molecule has 1 heterocycles. The molecule has 0 spiro atoms. The van der Waals surface area contributed by atoms with Crippen molar-refractivity contribution in [2.45, 2.75) is 30.4 Å². The number of amides is 1. The molecular formula is C11H14N4O2S. The molecule has 6 nitrogen and oxygen atoms in total. The maximum atomic E-state index is 11.7. The summed E-state index contributed by atoms with van der Waals surface area (Å²) < 4.78 is 5.44. The van der Waals surface area contributed by atoms with Crippen molar-refractivity contribution in [1.29, 1.82) is 5.26 Å². The van der Waals surface area contributed by atoms with Gasteiger partial charge in [-0.1, -0.05) is 11.8 Å². The van der Waals surface area contributed by atoms with Crippen LogP contribution >= 0.6 is 11.8 Å². The van der Waals surface area contributed by atoms with Crippen LogP contribution in [0.4, 0.5) is 0 Å². The minimum absolute atomic E-state index is 0.0404. The van der Waals surface area contributed by atoms with E-state index in [4.69, 9.17) is 9.68 Å². The molecule has 1 aromatic heterocycles. The largest absolute Gasteiger partial charge is 0.416 e. The predicted octanol–water partition coefficient (Wildman–Crippen LogP) is 1.41. The van der Waals surface area contributed by atoms with Crippen molar-refractivity contribution in [1.82, 2.24) is 15.1 Å². The molecule has 0 aromatic carbocycles. The molecule has 0 aliphatic heterocycles. The molecule has 0 saturated heterocycles. The molecule has 0 bridgehead atoms. The number of hydrogen-bond donors (Lipinski definition) is 0. The van der Waals surface area contributed by atoms with E-state index in [1.165, 1.54) is 16.7 Å². The lowest BCUT2D eigenvalue weighted by Crippen LogP contribution is -2.29. The first-order chi connectivity index (χ1) is 8.70. The molecule has 1 fully saturated rings. The maximum absolute atomic E-state index is 11.7. The van der Waals surface area contributed by atoms with Gasteiger partial charge in [0.2, 0.25) is 11.8 Å². The fourth-order valence-corrected chi connectivity index (χ4v) is 2.06. The van der Waals surface area contributed by atoms with Gasteiger partial charge in [0.15, 0.2) is 0 Å². The molecule has 0 radical (unpaired) electrons. The summed E-state index contributed by atoms with van der Waals surface area (Å²) in [5, 5.41) is 16.7. The van der Waals surface area contributed by atoms with E-state index in [2.05, 4.69) is 10.2 Å². The number of nitriles is 1. The Kier molecular flexibility index (Phi) is 4.20. The zero-order valence-electron chi connectivity index (χ0n) is 10.1. The van der Waals surface area contributed by atoms with E-state index in [0.717, 1.165) is 12.8 Å². The normalized spacial score (nSPS) is 14.2. The smallest absolute Gasteiger partial charge is 0.277 e. The van der Waals surface area contributed by atoms with E-state index in [0.29, 0.717) is 30.0 Å². The summed E-state index contributed by atoms with van der Waals surface area (Å²) in [6, 6.07) is 2.01. The molecule has 2 rings (SSSR count). The van der Waals surface area contributed by atoms with E-state index in [-0.39, 0.29) is 11.7 Å². The van der Waals surface area contributed by atoms with Gasteiger partial charge in [-0.25, -0.2) is 0 Å². The number of carbonyl (C=O) groups is 1. The molecule has 1 aliphatic carbocycles. The van der Waals surface area contributed by atoms with Gasteiger partial charge in [-0.2, -0.15) is 5.26 Å². The minimum Gasteiger partial charge on any atom is -0.416 e. The molecule has 18 heavy (non-hydrogen) atoms. The average molecular weight is 266 g/mol. The average Bonchev–Trinajstić information content (AvgIpc) is 3.12. The summed E-state index contributed by atoms with van der Waals surface area (Å²) >= 11 is 1.24. The highest BCUT2D eigenvalue weighted by molar-refractivity contribution is 7.99. The van der Waals surface area contributed by atoms with Crippen molar-refractivity contribution in [2.75, 3.05) is 19.3 Å². The summed E-state index contributed by atoms with van der Waals surface area (Å²) in [7, 11) is 1.68. The second-order valence-electron chi connectivity index (χ2n) is 4.19. The quantitative estimate of drug-likeness (QED) is 0.724. The van der Waals surface area contributed by atoms with E-state index in [1.807, 2.05) is 6.07 Å². The van der Waals surface area contributed by atoms with Gasteiger partial charge in [-0.15, -0.1) is 10.2 Å². The first kappa shape index (κ1) is 12.9. The zero-order valence-corrected chi connectivity index (χ0v) is 10.9. The molecule has 96 valence electrons. The lowest BCUT2D eigenvalue weighted by Gasteiger charge is -2.13. The van der Waals surface area contributed by atoms with Gasteiger partial charge in [0.1, 0.15) is 0 Å². The third kappa shape index (κ3) is 3.47. The molecule has 1 aliphatic rings. The molecule has 0 N–H and O–H groups in total. The van der Waals surface area contributed by atoms with Gasteiger partial charge in [-0.3, -0.25) is 4.79 Å². The van der Waals surface area contributed by atoms with E-state index in [9.17, 15) is 4.79 Å². The first-order valence-corrected chi connectivity index (χ1v) is 6.76. The summed E-state index contributed by atoms with van der Waals surface area (Å²) in [5.41, 5.74) is 0. The Morgan fingerprint density at radius 3 is 3.06 bits per heavy atom. The number of aromatic nitrogens is 2. The van der Waals surface area contributed by atoms with Crippen molar-refractivity contribution in [2.24, 2.45) is 0 Å². The highest BCUT2D eigenvalue weighted by atomic mass is 32.2. The SMILES string of the molecule is CN(CCC#N)C(=O)CSc1nnc(C2CC2)o1. The number of hydrogen-bond acceptors (Lipinski definition) is 6. The van der Waals surface area contributed by atoms with Crippen LogP contribution in [-0.4, -0.2) is 40.3 Å². The second kappa shape index (κ2) is 5.87. The topological polar surface area (TPSA) is 83.0 Å². The van der Waals surface area contributed by atoms with Gasteiger partial charge in [0.05, 0.1) is 18.2 Å². The van der Waals surface area contributed by atoms with Crippen molar-refractivity contribution < 1.29 is 9.21 Å². The van der Waals surface area contributed by atoms with Gasteiger partial charge >= 0.3 is 0 Å². The van der Waals surface area contributed by atoms with E-state index >= 15 is 0 Å². The number of rotatable bonds is 6. The van der Waals surface area contributed by atoms with E-state index < -0.39 is 0 Å². The van der Waals surface area contributed by atoms with Crippen molar-refractivity contribution in [3.05, 3.63) is 5.89 Å². The molecule has 7 heteroatoms. The third-order valence-electron chi connectivity index (χ3n) is 2.65. The molecule has 1 amide bonds. The molecule has 1 aromatic rings. The number of carbonyl (C=O) groups excluding carboxylic acids is 1. The Bertz CT molecular complexity index is 464. The number of nitrogens with zero attached hydrogens (tertiary/aromatic N) is 4. The third-order valence-corrected chi connectivity index (χ3v) is 3.46. The van der Waals surface area contributed by atoms with Crippen LogP contribution in [0.2, 0.25) is 0 Å². The van der Waals surface area contributed by atoms with Gasteiger partial charge in [-0.05, 0) is 12.8 Å². The predicted molar refractivity (Wildman–Crippen MR) is 64.9 cm³/mol. The lowest BCUT2D eigenvalue weighted by atomic mass is 10.4. The van der Waals surface area contributed by atoms with Crippen LogP contribution in [0.15, 0.2) is 9.64 Å². The van der Waals surface area contributed by atoms with Gasteiger partial charge in [0.25, 0.3) is 5.22 Å². The van der Waals surface area contributed by atoms with Crippen LogP contribution in [0.1, 0.15) is 31.1 Å². The van der Waals surface area contributed by atoms with Crippen LogP contribution in [0, 0.1) is 11.3 Å². The first-order valence-electron chi connectivity index (χ1n) is 5.78. The summed E-state index contributed by atoms with van der Waals surface area (Å²) in [5.74, 6) is 1.33. The maximum Gasteiger partial charge on any atom is 0.277 e. The highest BCUT2D eigenvalue weighted by Crippen LogP contribution is 2.39. The van der Waals surface area contributed by atoms with Gasteiger partial charge < -0.3 is 9.32 Å². The summed E-state index contributed by atoms with van der Waals surface area (Å²) in [6.07, 6.45) is 2.57. The minimum atomic E-state index is -0.0404. The van der Waals surface area contributed by atoms with Crippen LogP contribution in [0.25, 0.3) is 0 Å². The van der Waals surface area contributed by atoms with Crippen LogP contribution in [0.5, 0.6) is 0 Å². The Morgan fingerprint density at radius 1 is 1.61 bits per heavy atom. The summed E-state index contributed by atoms with van der Waals surface area (Å²) in [4.78, 5) is 13.2. The van der Waals surface area contributed by atoms with E-state index in [1.54, 1.807) is 7.05 Å². The lowest BCUT2D eigenvalue weighted by molar-refractivity contribution is -0.127. The van der Waals surface area contributed by atoms with Gasteiger partial charge in [0, 0.05) is 19.5 Å². The zero-order chi connectivity index (χ0) is 13.0. The monoisotopic (exact) mass is 266 g/mol. The Hall–Kier alpha value is -1.55. The standard InChI is InChI=1S/C11H14N4O2S/c1-15(6-2-5-12)9(16)7-18-11-14-13-10(17-11)8-3-4-8/h8H,2-4,6-7H2,1H3. The van der Waals surface area contributed by atoms with Crippen LogP contribution < -0.4 is 0 Å². The van der Waals surface area contributed by atoms with Crippen molar-refractivity contribution >= 4 is 17.7 Å². The molecule has 0 unspecified atom stereocenters. The fourth-order valence-electron chi connectivity index (χ4n) is 1.35. The molecule has 1 saturated carbocycles. The van der Waals surface area contributed by atoms with Crippen molar-refractivity contribution in [3.8, 4) is 6.07 Å². The van der Waals surface area contributed by atoms with Crippen LogP contribution in [0.3, 0.4) is 0 Å². The fraction of sp³-hybridized carbons (Fsp3) is 0.636. The Balaban J connectivity index is 1.76. The van der Waals surface area contributed by atoms with Crippen molar-refractivity contribution in [3.63, 3.8) is 0 Å². The molecular weight excluding hydrogens is 252 g/mol. The number of thioether (sulfide) groups is 1. The summed E-state index contributed by atoms with van der Waals surface area (Å²) in [6.45, 7) is 0.451. The Labute approximate surface area is 109 Å². The van der Waals surface area contributed by atoms with Crippen LogP contribution in [-0.2, 0) is 4.79 Å². The molecule has 0 atom stereocenters. The second-order valence-corrected chi connectivity index (χ2v) is 5.12.